The van der Waals surface area contributed by atoms with E-state index in [1.54, 1.807) is 30.3 Å². The number of anilines is 1. The van der Waals surface area contributed by atoms with Crippen LogP contribution in [0.5, 0.6) is 5.75 Å². The van der Waals surface area contributed by atoms with Gasteiger partial charge in [-0.25, -0.2) is 4.79 Å². The number of alkyl halides is 3. The number of halogens is 5. The Balaban J connectivity index is 1.23. The molecule has 3 saturated heterocycles. The van der Waals surface area contributed by atoms with Gasteiger partial charge in [0.25, 0.3) is 11.8 Å². The molecule has 4 atom stereocenters. The minimum atomic E-state index is -4.94. The van der Waals surface area contributed by atoms with Gasteiger partial charge in [-0.1, -0.05) is 29.3 Å². The van der Waals surface area contributed by atoms with Gasteiger partial charge in [0.15, 0.2) is 0 Å². The Morgan fingerprint density at radius 1 is 0.931 bits per heavy atom. The summed E-state index contributed by atoms with van der Waals surface area (Å²) in [6.45, 7) is -1.06. The van der Waals surface area contributed by atoms with Crippen molar-refractivity contribution in [3.8, 4) is 5.75 Å². The number of nitrogens with one attached hydrogen (secondary N) is 1. The van der Waals surface area contributed by atoms with E-state index in [9.17, 15) is 41.9 Å². The summed E-state index contributed by atoms with van der Waals surface area (Å²) in [6.07, 6.45) is -7.36. The first-order valence-electron chi connectivity index (χ1n) is 18.2. The normalized spacial score (nSPS) is 22.8. The summed E-state index contributed by atoms with van der Waals surface area (Å²) in [7, 11) is 1.22. The highest BCUT2D eigenvalue weighted by atomic mass is 35.5. The van der Waals surface area contributed by atoms with Crippen molar-refractivity contribution in [2.24, 2.45) is 5.92 Å². The summed E-state index contributed by atoms with van der Waals surface area (Å²) >= 11 is 12.0. The van der Waals surface area contributed by atoms with Crippen LogP contribution in [0.1, 0.15) is 39.1 Å². The molecule has 3 aromatic rings. The van der Waals surface area contributed by atoms with Crippen LogP contribution in [0.2, 0.25) is 10.0 Å². The maximum atomic E-state index is 14.3. The van der Waals surface area contributed by atoms with Gasteiger partial charge in [0.05, 0.1) is 29.7 Å². The molecule has 58 heavy (non-hydrogen) atoms. The summed E-state index contributed by atoms with van der Waals surface area (Å²) in [5.74, 6) is -3.17. The van der Waals surface area contributed by atoms with E-state index < -0.39 is 89.1 Å². The Hall–Kier alpha value is -5.55. The van der Waals surface area contributed by atoms with Gasteiger partial charge in [0.2, 0.25) is 11.8 Å². The summed E-state index contributed by atoms with van der Waals surface area (Å²) in [4.78, 5) is 86.5. The summed E-state index contributed by atoms with van der Waals surface area (Å²) < 4.78 is 59.0. The largest absolute Gasteiger partial charge is 0.491 e. The first kappa shape index (κ1) is 40.6. The Kier molecular flexibility index (Phi) is 11.5. The van der Waals surface area contributed by atoms with Crippen molar-refractivity contribution in [3.63, 3.8) is 0 Å². The number of ether oxygens (including phenoxy) is 3. The predicted molar refractivity (Wildman–Crippen MR) is 200 cm³/mol. The molecule has 5 heterocycles. The molecule has 0 radical (unpaired) electrons. The minimum Gasteiger partial charge on any atom is -0.491 e. The second-order valence-corrected chi connectivity index (χ2v) is 15.2. The van der Waals surface area contributed by atoms with Gasteiger partial charge in [-0.15, -0.1) is 0 Å². The number of likely N-dealkylation sites (tertiary alicyclic amines) is 1. The SMILES string of the molecule is COC(=O)C1CN(C(=O)[C@@H]2[C@@H]3CCN2C(=O)c2ccc(cc2)OC[C@@H]2CC(NC(=O)c4cccc(Cl)c4)CN2C(=O)CN(c2ccc(Cl)c(C(F)(F)F)c2)C(=O)O3)C1. The molecule has 0 saturated carbocycles. The van der Waals surface area contributed by atoms with E-state index in [0.717, 1.165) is 12.1 Å². The maximum absolute atomic E-state index is 14.3. The quantitative estimate of drug-likeness (QED) is 0.361. The molecule has 0 spiro atoms. The highest BCUT2D eigenvalue weighted by molar-refractivity contribution is 6.31. The van der Waals surface area contributed by atoms with Crippen LogP contribution in [0, 0.1) is 5.92 Å². The fourth-order valence-corrected chi connectivity index (χ4v) is 8.00. The zero-order chi connectivity index (χ0) is 41.5. The number of carbonyl (C=O) groups is 6. The van der Waals surface area contributed by atoms with E-state index in [-0.39, 0.29) is 62.4 Å². The molecule has 1 unspecified atom stereocenters. The van der Waals surface area contributed by atoms with Gasteiger partial charge in [0.1, 0.15) is 31.0 Å². The van der Waals surface area contributed by atoms with E-state index in [1.165, 1.54) is 40.0 Å². The summed E-state index contributed by atoms with van der Waals surface area (Å²) in [6, 6.07) is 12.3. The number of amides is 5. The van der Waals surface area contributed by atoms with Crippen molar-refractivity contribution in [3.05, 3.63) is 93.5 Å². The lowest BCUT2D eigenvalue weighted by Crippen LogP contribution is -2.60. The molecular weight excluding hydrogens is 810 g/mol. The fourth-order valence-electron chi connectivity index (χ4n) is 7.58. The van der Waals surface area contributed by atoms with Crippen molar-refractivity contribution in [1.82, 2.24) is 20.0 Å². The first-order valence-corrected chi connectivity index (χ1v) is 19.0. The number of esters is 1. The van der Waals surface area contributed by atoms with Crippen LogP contribution < -0.4 is 15.0 Å². The van der Waals surface area contributed by atoms with Gasteiger partial charge in [-0.3, -0.25) is 28.9 Å². The smallest absolute Gasteiger partial charge is 0.417 e. The molecule has 3 aromatic carbocycles. The van der Waals surface area contributed by atoms with E-state index in [0.29, 0.717) is 21.7 Å². The van der Waals surface area contributed by atoms with Crippen LogP contribution in [0.25, 0.3) is 0 Å². The van der Waals surface area contributed by atoms with Gasteiger partial charge >= 0.3 is 18.2 Å². The highest BCUT2D eigenvalue weighted by Crippen LogP contribution is 2.38. The Morgan fingerprint density at radius 3 is 2.36 bits per heavy atom. The summed E-state index contributed by atoms with van der Waals surface area (Å²) in [5, 5.41) is 2.58. The van der Waals surface area contributed by atoms with Crippen LogP contribution in [0.15, 0.2) is 66.7 Å². The van der Waals surface area contributed by atoms with Crippen molar-refractivity contribution in [2.45, 2.75) is 43.2 Å². The topological polar surface area (TPSA) is 155 Å². The molecule has 4 bridgehead atoms. The Labute approximate surface area is 339 Å². The molecule has 1 N–H and O–H groups in total. The van der Waals surface area contributed by atoms with Crippen molar-refractivity contribution in [2.75, 3.05) is 51.3 Å². The molecule has 8 rings (SSSR count). The maximum Gasteiger partial charge on any atom is 0.417 e. The average molecular weight is 847 g/mol. The standard InChI is InChI=1S/C39H36Cl2F3N5O9/c1-56-37(54)23-16-46(17-23)36(53)33-31-11-12-47(33)35(52)21-5-8-28(9-6-21)57-20-27-14-25(45-34(51)22-3-2-4-24(40)13-22)18-48(27)32(50)19-49(38(55)58-31)26-7-10-30(41)29(15-26)39(42,43)44/h2-10,13,15,23,25,27,31,33H,11-12,14,16-20H2,1H3,(H,45,51)/t25?,27-,31-,33-/m0/s1. The number of benzene rings is 3. The van der Waals surface area contributed by atoms with E-state index in [2.05, 4.69) is 5.32 Å². The molecule has 5 aliphatic heterocycles. The molecule has 0 aromatic heterocycles. The predicted octanol–water partition coefficient (Wildman–Crippen LogP) is 4.66. The number of hydrogen-bond acceptors (Lipinski definition) is 9. The molecule has 0 aliphatic carbocycles. The molecular formula is C39H36Cl2F3N5O9. The van der Waals surface area contributed by atoms with Crippen molar-refractivity contribution in [1.29, 1.82) is 0 Å². The number of hydrogen-bond donors (Lipinski definition) is 1. The van der Waals surface area contributed by atoms with Crippen LogP contribution in [-0.4, -0.2) is 121 Å². The highest BCUT2D eigenvalue weighted by Gasteiger charge is 2.50. The third kappa shape index (κ3) is 8.36. The van der Waals surface area contributed by atoms with E-state index in [1.807, 2.05) is 0 Å². The molecule has 5 amide bonds. The number of nitrogens with zero attached hydrogens (tertiary/aromatic N) is 4. The molecule has 14 nitrogen and oxygen atoms in total. The number of rotatable bonds is 5. The van der Waals surface area contributed by atoms with Crippen molar-refractivity contribution < 1.29 is 56.1 Å². The third-order valence-corrected chi connectivity index (χ3v) is 11.2. The lowest BCUT2D eigenvalue weighted by Gasteiger charge is -2.41. The third-order valence-electron chi connectivity index (χ3n) is 10.6. The number of carbonyl (C=O) groups excluding carboxylic acids is 6. The van der Waals surface area contributed by atoms with Gasteiger partial charge in [-0.2, -0.15) is 13.2 Å². The average Bonchev–Trinajstić information content (AvgIpc) is 3.78. The molecule has 306 valence electrons. The number of methoxy groups -OCH3 is 1. The van der Waals surface area contributed by atoms with E-state index in [4.69, 9.17) is 37.4 Å². The second-order valence-electron chi connectivity index (χ2n) is 14.3. The fraction of sp³-hybridized carbons (Fsp3) is 0.385. The van der Waals surface area contributed by atoms with Crippen LogP contribution in [-0.2, 0) is 30.0 Å². The van der Waals surface area contributed by atoms with Crippen LogP contribution in [0.4, 0.5) is 23.7 Å². The first-order chi connectivity index (χ1) is 27.6. The Bertz CT molecular complexity index is 2140. The van der Waals surface area contributed by atoms with Crippen LogP contribution in [0.3, 0.4) is 0 Å². The van der Waals surface area contributed by atoms with Gasteiger partial charge in [-0.05, 0) is 67.1 Å². The zero-order valence-corrected chi connectivity index (χ0v) is 32.3. The lowest BCUT2D eigenvalue weighted by molar-refractivity contribution is -0.158. The number of fused-ring (bicyclic) bond motifs is 7. The van der Waals surface area contributed by atoms with Gasteiger partial charge < -0.3 is 34.2 Å². The van der Waals surface area contributed by atoms with Crippen LogP contribution >= 0.6 is 23.2 Å². The second kappa shape index (κ2) is 16.4. The monoisotopic (exact) mass is 845 g/mol. The molecule has 19 heteroatoms. The van der Waals surface area contributed by atoms with E-state index >= 15 is 0 Å². The zero-order valence-electron chi connectivity index (χ0n) is 30.7. The Morgan fingerprint density at radius 2 is 1.67 bits per heavy atom. The summed E-state index contributed by atoms with van der Waals surface area (Å²) in [5.41, 5.74) is -1.21. The molecule has 3 fully saturated rings. The minimum absolute atomic E-state index is 0.0140. The molecule has 5 aliphatic rings. The van der Waals surface area contributed by atoms with Gasteiger partial charge in [0, 0.05) is 60.5 Å². The van der Waals surface area contributed by atoms with Crippen molar-refractivity contribution >= 4 is 64.6 Å². The lowest BCUT2D eigenvalue weighted by atomic mass is 9.98.